The summed E-state index contributed by atoms with van der Waals surface area (Å²) in [6, 6.07) is 14.0. The maximum Gasteiger partial charge on any atom is 0.323 e. The van der Waals surface area contributed by atoms with Gasteiger partial charge in [-0.15, -0.1) is 0 Å². The number of ether oxygens (including phenoxy) is 1. The molecule has 33 heavy (non-hydrogen) atoms. The lowest BCUT2D eigenvalue weighted by molar-refractivity contribution is 0.0633. The molecule has 0 spiro atoms. The van der Waals surface area contributed by atoms with Crippen molar-refractivity contribution >= 4 is 29.0 Å². The van der Waals surface area contributed by atoms with Gasteiger partial charge in [0.25, 0.3) is 0 Å². The van der Waals surface area contributed by atoms with E-state index in [2.05, 4.69) is 20.6 Å². The van der Waals surface area contributed by atoms with Crippen LogP contribution in [0.3, 0.4) is 0 Å². The molecule has 1 aromatic heterocycles. The molecular formula is C24H28ClN5O3. The van der Waals surface area contributed by atoms with E-state index in [4.69, 9.17) is 16.3 Å². The summed E-state index contributed by atoms with van der Waals surface area (Å²) >= 11 is 5.90. The molecule has 1 saturated heterocycles. The standard InChI is InChI=1S/C24H28ClN5O3/c1-29-22(10-11-26-29)21-15-19(28-24(32)27-18-6-4-17(25)5-7-18)8-9-23(21)33-14-13-30-12-2-3-20(31)16-30/h4-11,15,20,31H,2-3,12-14,16H2,1H3,(H2,27,28,32)/t20-/m0/s1. The number of likely N-dealkylation sites (tertiary alicyclic amines) is 1. The van der Waals surface area contributed by atoms with Gasteiger partial charge in [-0.25, -0.2) is 4.79 Å². The molecule has 2 heterocycles. The number of aliphatic hydroxyl groups is 1. The van der Waals surface area contributed by atoms with Crippen molar-refractivity contribution in [3.8, 4) is 17.0 Å². The van der Waals surface area contributed by atoms with Gasteiger partial charge in [-0.2, -0.15) is 5.10 Å². The smallest absolute Gasteiger partial charge is 0.323 e. The predicted octanol–water partition coefficient (Wildman–Crippen LogP) is 4.22. The van der Waals surface area contributed by atoms with Crippen molar-refractivity contribution in [2.24, 2.45) is 7.05 Å². The average Bonchev–Trinajstić information content (AvgIpc) is 3.22. The van der Waals surface area contributed by atoms with Crippen LogP contribution in [-0.4, -0.2) is 58.2 Å². The minimum Gasteiger partial charge on any atom is -0.492 e. The largest absolute Gasteiger partial charge is 0.492 e. The maximum absolute atomic E-state index is 12.5. The first-order valence-electron chi connectivity index (χ1n) is 11.0. The van der Waals surface area contributed by atoms with Gasteiger partial charge in [0.2, 0.25) is 0 Å². The number of hydrogen-bond donors (Lipinski definition) is 3. The number of hydrogen-bond acceptors (Lipinski definition) is 5. The molecule has 0 saturated carbocycles. The van der Waals surface area contributed by atoms with Crippen LogP contribution in [0, 0.1) is 0 Å². The quantitative estimate of drug-likeness (QED) is 0.482. The molecule has 0 aliphatic carbocycles. The summed E-state index contributed by atoms with van der Waals surface area (Å²) in [6.07, 6.45) is 3.33. The van der Waals surface area contributed by atoms with Crippen LogP contribution in [0.25, 0.3) is 11.3 Å². The highest BCUT2D eigenvalue weighted by molar-refractivity contribution is 6.30. The van der Waals surface area contributed by atoms with Crippen molar-refractivity contribution < 1.29 is 14.6 Å². The number of carbonyl (C=O) groups is 1. The van der Waals surface area contributed by atoms with Gasteiger partial charge in [0.05, 0.1) is 11.8 Å². The number of urea groups is 1. The number of amides is 2. The summed E-state index contributed by atoms with van der Waals surface area (Å²) in [5, 5.41) is 20.4. The second-order valence-corrected chi connectivity index (χ2v) is 8.52. The van der Waals surface area contributed by atoms with E-state index in [0.29, 0.717) is 35.3 Å². The molecule has 0 radical (unpaired) electrons. The highest BCUT2D eigenvalue weighted by atomic mass is 35.5. The molecule has 2 aromatic carbocycles. The molecule has 174 valence electrons. The maximum atomic E-state index is 12.5. The van der Waals surface area contributed by atoms with Crippen molar-refractivity contribution in [2.45, 2.75) is 18.9 Å². The van der Waals surface area contributed by atoms with Gasteiger partial charge < -0.3 is 20.5 Å². The number of aryl methyl sites for hydroxylation is 1. The third-order valence-electron chi connectivity index (χ3n) is 5.58. The summed E-state index contributed by atoms with van der Waals surface area (Å²) in [6.45, 7) is 2.90. The van der Waals surface area contributed by atoms with Crippen molar-refractivity contribution in [2.75, 3.05) is 36.9 Å². The Kier molecular flexibility index (Phi) is 7.49. The van der Waals surface area contributed by atoms with Gasteiger partial charge in [-0.1, -0.05) is 11.6 Å². The molecular weight excluding hydrogens is 442 g/mol. The number of halogens is 1. The van der Waals surface area contributed by atoms with E-state index in [1.807, 2.05) is 25.2 Å². The number of aliphatic hydroxyl groups excluding tert-OH is 1. The first-order valence-corrected chi connectivity index (χ1v) is 11.3. The van der Waals surface area contributed by atoms with E-state index < -0.39 is 0 Å². The summed E-state index contributed by atoms with van der Waals surface area (Å²) in [4.78, 5) is 14.7. The van der Waals surface area contributed by atoms with Crippen molar-refractivity contribution in [1.29, 1.82) is 0 Å². The van der Waals surface area contributed by atoms with Crippen LogP contribution in [0.2, 0.25) is 5.02 Å². The lowest BCUT2D eigenvalue weighted by Crippen LogP contribution is -2.40. The second kappa shape index (κ2) is 10.7. The fraction of sp³-hybridized carbons (Fsp3) is 0.333. The SMILES string of the molecule is Cn1nccc1-c1cc(NC(=O)Nc2ccc(Cl)cc2)ccc1OCCN1CCC[C@H](O)C1. The molecule has 8 nitrogen and oxygen atoms in total. The van der Waals surface area contributed by atoms with Crippen LogP contribution in [0.1, 0.15) is 12.8 Å². The fourth-order valence-electron chi connectivity index (χ4n) is 3.92. The molecule has 3 N–H and O–H groups in total. The van der Waals surface area contributed by atoms with Gasteiger partial charge in [0.15, 0.2) is 0 Å². The van der Waals surface area contributed by atoms with Crippen molar-refractivity contribution in [1.82, 2.24) is 14.7 Å². The lowest BCUT2D eigenvalue weighted by atomic mass is 10.1. The van der Waals surface area contributed by atoms with Gasteiger partial charge in [0.1, 0.15) is 12.4 Å². The van der Waals surface area contributed by atoms with E-state index in [9.17, 15) is 9.90 Å². The molecule has 1 fully saturated rings. The molecule has 0 unspecified atom stereocenters. The Balaban J connectivity index is 1.45. The zero-order valence-electron chi connectivity index (χ0n) is 18.5. The summed E-state index contributed by atoms with van der Waals surface area (Å²) in [5.41, 5.74) is 2.98. The molecule has 4 rings (SSSR count). The summed E-state index contributed by atoms with van der Waals surface area (Å²) < 4.78 is 7.88. The first-order chi connectivity index (χ1) is 16.0. The van der Waals surface area contributed by atoms with Crippen LogP contribution in [0.4, 0.5) is 16.2 Å². The second-order valence-electron chi connectivity index (χ2n) is 8.08. The highest BCUT2D eigenvalue weighted by Gasteiger charge is 2.18. The summed E-state index contributed by atoms with van der Waals surface area (Å²) in [5.74, 6) is 0.708. The van der Waals surface area contributed by atoms with Crippen LogP contribution < -0.4 is 15.4 Å². The van der Waals surface area contributed by atoms with E-state index in [1.54, 1.807) is 41.2 Å². The van der Waals surface area contributed by atoms with Crippen LogP contribution in [0.15, 0.2) is 54.7 Å². The van der Waals surface area contributed by atoms with E-state index in [1.165, 1.54) is 0 Å². The monoisotopic (exact) mass is 469 g/mol. The van der Waals surface area contributed by atoms with Crippen molar-refractivity contribution in [3.05, 3.63) is 59.8 Å². The zero-order chi connectivity index (χ0) is 23.2. The molecule has 0 bridgehead atoms. The van der Waals surface area contributed by atoms with E-state index >= 15 is 0 Å². The number of rotatable bonds is 7. The predicted molar refractivity (Wildman–Crippen MR) is 130 cm³/mol. The Morgan fingerprint density at radius 2 is 1.94 bits per heavy atom. The minimum absolute atomic E-state index is 0.256. The number of anilines is 2. The number of piperidine rings is 1. The minimum atomic E-state index is -0.356. The first kappa shape index (κ1) is 23.1. The molecule has 1 atom stereocenters. The lowest BCUT2D eigenvalue weighted by Gasteiger charge is -2.29. The number of benzene rings is 2. The number of nitrogens with one attached hydrogen (secondary N) is 2. The normalized spacial score (nSPS) is 16.4. The number of nitrogens with zero attached hydrogens (tertiary/aromatic N) is 3. The Labute approximate surface area is 198 Å². The van der Waals surface area contributed by atoms with Gasteiger partial charge >= 0.3 is 6.03 Å². The summed E-state index contributed by atoms with van der Waals surface area (Å²) in [7, 11) is 1.86. The Morgan fingerprint density at radius 1 is 1.18 bits per heavy atom. The highest BCUT2D eigenvalue weighted by Crippen LogP contribution is 2.32. The topological polar surface area (TPSA) is 91.7 Å². The molecule has 9 heteroatoms. The third-order valence-corrected chi connectivity index (χ3v) is 5.83. The zero-order valence-corrected chi connectivity index (χ0v) is 19.3. The van der Waals surface area contributed by atoms with Crippen LogP contribution in [0.5, 0.6) is 5.75 Å². The van der Waals surface area contributed by atoms with Gasteiger partial charge in [-0.05, 0) is 67.9 Å². The Hall–Kier alpha value is -3.07. The van der Waals surface area contributed by atoms with Crippen LogP contribution in [-0.2, 0) is 7.05 Å². The Morgan fingerprint density at radius 3 is 2.67 bits per heavy atom. The number of aromatic nitrogens is 2. The van der Waals surface area contributed by atoms with Crippen molar-refractivity contribution in [3.63, 3.8) is 0 Å². The molecule has 1 aliphatic rings. The molecule has 2 amide bonds. The average molecular weight is 470 g/mol. The van der Waals surface area contributed by atoms with Gasteiger partial charge in [-0.3, -0.25) is 9.58 Å². The van der Waals surface area contributed by atoms with E-state index in [0.717, 1.165) is 37.2 Å². The van der Waals surface area contributed by atoms with Crippen LogP contribution >= 0.6 is 11.6 Å². The number of β-amino-alcohol motifs (C(OH)–C–C–N with tert-alkyl or cyclic N) is 1. The third kappa shape index (κ3) is 6.25. The fourth-order valence-corrected chi connectivity index (χ4v) is 4.04. The van der Waals surface area contributed by atoms with E-state index in [-0.39, 0.29) is 12.1 Å². The Bertz CT molecular complexity index is 1090. The molecule has 3 aromatic rings. The molecule has 1 aliphatic heterocycles. The number of carbonyl (C=O) groups excluding carboxylic acids is 1. The van der Waals surface area contributed by atoms with Gasteiger partial charge in [0, 0.05) is 48.3 Å².